The standard InChI is InChI=1S/C17H15BrN2O3/c1-23-15-5-3-2-4-13(15)19-14-10-16(21)20(17(14)22)12-8-6-11(18)7-9-12/h2-9,14,19H,10H2,1H3/t14-/m1/s1. The lowest BCUT2D eigenvalue weighted by atomic mass is 10.2. The molecule has 1 atom stereocenters. The Hall–Kier alpha value is -2.34. The highest BCUT2D eigenvalue weighted by molar-refractivity contribution is 9.10. The normalized spacial score (nSPS) is 17.5. The molecule has 118 valence electrons. The van der Waals surface area contributed by atoms with Crippen LogP contribution in [0.2, 0.25) is 0 Å². The molecule has 1 fully saturated rings. The van der Waals surface area contributed by atoms with E-state index in [4.69, 9.17) is 4.74 Å². The van der Waals surface area contributed by atoms with Gasteiger partial charge in [-0.1, -0.05) is 28.1 Å². The molecule has 2 aromatic carbocycles. The SMILES string of the molecule is COc1ccccc1N[C@@H]1CC(=O)N(c2ccc(Br)cc2)C1=O. The van der Waals surface area contributed by atoms with E-state index >= 15 is 0 Å². The van der Waals surface area contributed by atoms with Crippen LogP contribution in [0.1, 0.15) is 6.42 Å². The van der Waals surface area contributed by atoms with Crippen molar-refractivity contribution in [2.24, 2.45) is 0 Å². The molecule has 0 aliphatic carbocycles. The molecule has 23 heavy (non-hydrogen) atoms. The maximum atomic E-state index is 12.6. The van der Waals surface area contributed by atoms with Gasteiger partial charge in [0.05, 0.1) is 24.9 Å². The van der Waals surface area contributed by atoms with Gasteiger partial charge in [0.25, 0.3) is 5.91 Å². The zero-order valence-corrected chi connectivity index (χ0v) is 14.0. The lowest BCUT2D eigenvalue weighted by molar-refractivity contribution is -0.121. The first kappa shape index (κ1) is 15.6. The summed E-state index contributed by atoms with van der Waals surface area (Å²) in [6.45, 7) is 0. The first-order chi connectivity index (χ1) is 11.1. The van der Waals surface area contributed by atoms with Crippen LogP contribution in [-0.4, -0.2) is 25.0 Å². The zero-order valence-electron chi connectivity index (χ0n) is 12.5. The molecular weight excluding hydrogens is 360 g/mol. The lowest BCUT2D eigenvalue weighted by Crippen LogP contribution is -2.34. The highest BCUT2D eigenvalue weighted by atomic mass is 79.9. The summed E-state index contributed by atoms with van der Waals surface area (Å²) in [4.78, 5) is 26.1. The number of anilines is 2. The third-order valence-corrected chi connectivity index (χ3v) is 4.20. The number of amides is 2. The van der Waals surface area contributed by atoms with Crippen LogP contribution in [0.4, 0.5) is 11.4 Å². The largest absolute Gasteiger partial charge is 0.495 e. The van der Waals surface area contributed by atoms with Crippen LogP contribution < -0.4 is 15.0 Å². The minimum Gasteiger partial charge on any atom is -0.495 e. The third-order valence-electron chi connectivity index (χ3n) is 3.67. The highest BCUT2D eigenvalue weighted by Crippen LogP contribution is 2.29. The fourth-order valence-corrected chi connectivity index (χ4v) is 2.82. The number of methoxy groups -OCH3 is 1. The van der Waals surface area contributed by atoms with Crippen molar-refractivity contribution < 1.29 is 14.3 Å². The smallest absolute Gasteiger partial charge is 0.256 e. The van der Waals surface area contributed by atoms with Crippen LogP contribution in [0.25, 0.3) is 0 Å². The fraction of sp³-hybridized carbons (Fsp3) is 0.176. The summed E-state index contributed by atoms with van der Waals surface area (Å²) in [5.41, 5.74) is 1.27. The van der Waals surface area contributed by atoms with E-state index in [9.17, 15) is 9.59 Å². The maximum absolute atomic E-state index is 12.6. The van der Waals surface area contributed by atoms with Gasteiger partial charge in [-0.2, -0.15) is 0 Å². The molecule has 2 aromatic rings. The van der Waals surface area contributed by atoms with Crippen molar-refractivity contribution in [1.82, 2.24) is 0 Å². The molecule has 0 bridgehead atoms. The molecule has 1 N–H and O–H groups in total. The van der Waals surface area contributed by atoms with Crippen molar-refractivity contribution in [3.05, 3.63) is 53.0 Å². The second-order valence-electron chi connectivity index (χ2n) is 5.15. The molecule has 2 amide bonds. The molecule has 0 radical (unpaired) electrons. The molecular formula is C17H15BrN2O3. The molecule has 6 heteroatoms. The lowest BCUT2D eigenvalue weighted by Gasteiger charge is -2.17. The number of ether oxygens (including phenoxy) is 1. The second-order valence-corrected chi connectivity index (χ2v) is 6.06. The number of imide groups is 1. The van der Waals surface area contributed by atoms with Crippen molar-refractivity contribution in [2.45, 2.75) is 12.5 Å². The zero-order chi connectivity index (χ0) is 16.4. The predicted octanol–water partition coefficient (Wildman–Crippen LogP) is 3.20. The van der Waals surface area contributed by atoms with Crippen molar-refractivity contribution in [2.75, 3.05) is 17.3 Å². The monoisotopic (exact) mass is 374 g/mol. The highest BCUT2D eigenvalue weighted by Gasteiger charge is 2.39. The maximum Gasteiger partial charge on any atom is 0.256 e. The summed E-state index contributed by atoms with van der Waals surface area (Å²) < 4.78 is 6.16. The minimum absolute atomic E-state index is 0.118. The van der Waals surface area contributed by atoms with Crippen molar-refractivity contribution >= 4 is 39.1 Å². The van der Waals surface area contributed by atoms with Crippen molar-refractivity contribution in [3.63, 3.8) is 0 Å². The summed E-state index contributed by atoms with van der Waals surface area (Å²) in [5.74, 6) is 0.155. The van der Waals surface area contributed by atoms with E-state index in [1.807, 2.05) is 18.2 Å². The Morgan fingerprint density at radius 2 is 1.83 bits per heavy atom. The molecule has 3 rings (SSSR count). The summed E-state index contributed by atoms with van der Waals surface area (Å²) >= 11 is 3.34. The molecule has 0 spiro atoms. The molecule has 1 aliphatic heterocycles. The fourth-order valence-electron chi connectivity index (χ4n) is 2.56. The number of hydrogen-bond donors (Lipinski definition) is 1. The van der Waals surface area contributed by atoms with Gasteiger partial charge in [0, 0.05) is 4.47 Å². The van der Waals surface area contributed by atoms with Crippen LogP contribution in [0.15, 0.2) is 53.0 Å². The summed E-state index contributed by atoms with van der Waals surface area (Å²) in [5, 5.41) is 3.11. The van der Waals surface area contributed by atoms with Gasteiger partial charge in [-0.25, -0.2) is 4.90 Å². The number of para-hydroxylation sites is 2. The summed E-state index contributed by atoms with van der Waals surface area (Å²) in [6.07, 6.45) is 0.118. The van der Waals surface area contributed by atoms with Crippen molar-refractivity contribution in [3.8, 4) is 5.75 Å². The van der Waals surface area contributed by atoms with Gasteiger partial charge in [-0.3, -0.25) is 9.59 Å². The first-order valence-electron chi connectivity index (χ1n) is 7.12. The third kappa shape index (κ3) is 3.07. The van der Waals surface area contributed by atoms with E-state index in [2.05, 4.69) is 21.2 Å². The van der Waals surface area contributed by atoms with Gasteiger partial charge in [-0.15, -0.1) is 0 Å². The van der Waals surface area contributed by atoms with Gasteiger partial charge in [0.15, 0.2) is 0 Å². The van der Waals surface area contributed by atoms with Gasteiger partial charge in [-0.05, 0) is 36.4 Å². The Bertz CT molecular complexity index is 746. The van der Waals surface area contributed by atoms with E-state index < -0.39 is 6.04 Å². The number of rotatable bonds is 4. The number of carbonyl (C=O) groups is 2. The molecule has 1 saturated heterocycles. The molecule has 5 nitrogen and oxygen atoms in total. The molecule has 1 heterocycles. The number of nitrogens with one attached hydrogen (secondary N) is 1. The quantitative estimate of drug-likeness (QED) is 0.834. The average molecular weight is 375 g/mol. The Labute approximate surface area is 142 Å². The summed E-state index contributed by atoms with van der Waals surface area (Å²) in [6, 6.07) is 13.8. The number of nitrogens with zero attached hydrogens (tertiary/aromatic N) is 1. The van der Waals surface area contributed by atoms with E-state index in [-0.39, 0.29) is 18.2 Å². The Balaban J connectivity index is 1.82. The van der Waals surface area contributed by atoms with Crippen LogP contribution in [-0.2, 0) is 9.59 Å². The van der Waals surface area contributed by atoms with Crippen LogP contribution in [0.3, 0.4) is 0 Å². The number of hydrogen-bond acceptors (Lipinski definition) is 4. The second kappa shape index (κ2) is 6.42. The summed E-state index contributed by atoms with van der Waals surface area (Å²) in [7, 11) is 1.57. The molecule has 0 saturated carbocycles. The van der Waals surface area contributed by atoms with Gasteiger partial charge in [0.1, 0.15) is 11.8 Å². The van der Waals surface area contributed by atoms with Gasteiger partial charge >= 0.3 is 0 Å². The average Bonchev–Trinajstić information content (AvgIpc) is 2.83. The van der Waals surface area contributed by atoms with Crippen LogP contribution in [0.5, 0.6) is 5.75 Å². The van der Waals surface area contributed by atoms with Gasteiger partial charge < -0.3 is 10.1 Å². The first-order valence-corrected chi connectivity index (χ1v) is 7.91. The number of carbonyl (C=O) groups excluding carboxylic acids is 2. The molecule has 1 aliphatic rings. The topological polar surface area (TPSA) is 58.6 Å². The van der Waals surface area contributed by atoms with E-state index in [1.165, 1.54) is 4.90 Å². The van der Waals surface area contributed by atoms with E-state index in [0.717, 1.165) is 4.47 Å². The van der Waals surface area contributed by atoms with Crippen molar-refractivity contribution in [1.29, 1.82) is 0 Å². The van der Waals surface area contributed by atoms with Crippen LogP contribution in [0, 0.1) is 0 Å². The van der Waals surface area contributed by atoms with Gasteiger partial charge in [0.2, 0.25) is 5.91 Å². The van der Waals surface area contributed by atoms with Crippen LogP contribution >= 0.6 is 15.9 Å². The molecule has 0 aromatic heterocycles. The van der Waals surface area contributed by atoms with E-state index in [1.54, 1.807) is 37.4 Å². The Morgan fingerprint density at radius 3 is 2.52 bits per heavy atom. The Kier molecular flexibility index (Phi) is 4.34. The minimum atomic E-state index is -0.595. The molecule has 0 unspecified atom stereocenters. The Morgan fingerprint density at radius 1 is 1.13 bits per heavy atom. The van der Waals surface area contributed by atoms with E-state index in [0.29, 0.717) is 17.1 Å². The predicted molar refractivity (Wildman–Crippen MR) is 91.7 cm³/mol. The number of halogens is 1. The number of benzene rings is 2.